The summed E-state index contributed by atoms with van der Waals surface area (Å²) in [6.45, 7) is 2.67. The normalized spacial score (nSPS) is 13.4. The number of anilines is 1. The van der Waals surface area contributed by atoms with Gasteiger partial charge in [0.05, 0.1) is 18.9 Å². The van der Waals surface area contributed by atoms with Gasteiger partial charge in [0, 0.05) is 50.3 Å². The molecule has 0 atom stereocenters. The number of ether oxygens (including phenoxy) is 1. The standard InChI is InChI=1S/C23H21N5O2/c1-30-21-8-6-19(16-18(21)5-7-20-4-2-3-9-25-20)23(29)28-14-12-27(13-15-28)22-17-24-10-11-26-22/h2-4,6,8-11,16-17H,12-15H2,1H3. The molecule has 0 radical (unpaired) electrons. The molecule has 1 fully saturated rings. The van der Waals surface area contributed by atoms with Gasteiger partial charge in [0.2, 0.25) is 0 Å². The number of rotatable bonds is 3. The molecule has 0 spiro atoms. The van der Waals surface area contributed by atoms with Gasteiger partial charge in [-0.05, 0) is 36.3 Å². The van der Waals surface area contributed by atoms with Gasteiger partial charge in [-0.2, -0.15) is 0 Å². The van der Waals surface area contributed by atoms with Crippen LogP contribution in [0, 0.1) is 11.8 Å². The van der Waals surface area contributed by atoms with Crippen LogP contribution < -0.4 is 9.64 Å². The first kappa shape index (κ1) is 19.4. The SMILES string of the molecule is COc1ccc(C(=O)N2CCN(c3cnccn3)CC2)cc1C#Cc1ccccn1. The second-order valence-corrected chi connectivity index (χ2v) is 6.72. The molecule has 0 aliphatic carbocycles. The number of amides is 1. The summed E-state index contributed by atoms with van der Waals surface area (Å²) in [7, 11) is 1.59. The minimum Gasteiger partial charge on any atom is -0.495 e. The maximum absolute atomic E-state index is 13.0. The Kier molecular flexibility index (Phi) is 5.85. The zero-order chi connectivity index (χ0) is 20.8. The lowest BCUT2D eigenvalue weighted by molar-refractivity contribution is 0.0746. The van der Waals surface area contributed by atoms with Gasteiger partial charge in [-0.15, -0.1) is 0 Å². The van der Waals surface area contributed by atoms with Crippen molar-refractivity contribution < 1.29 is 9.53 Å². The molecule has 1 aliphatic heterocycles. The van der Waals surface area contributed by atoms with E-state index in [2.05, 4.69) is 31.7 Å². The van der Waals surface area contributed by atoms with Crippen molar-refractivity contribution in [3.63, 3.8) is 0 Å². The minimum absolute atomic E-state index is 0.0164. The Hall–Kier alpha value is -3.92. The van der Waals surface area contributed by atoms with Crippen molar-refractivity contribution in [1.29, 1.82) is 0 Å². The van der Waals surface area contributed by atoms with E-state index in [0.717, 1.165) is 5.82 Å². The Bertz CT molecular complexity index is 1070. The fraction of sp³-hybridized carbons (Fsp3) is 0.217. The highest BCUT2D eigenvalue weighted by atomic mass is 16.5. The third-order valence-corrected chi connectivity index (χ3v) is 4.88. The average molecular weight is 399 g/mol. The third-order valence-electron chi connectivity index (χ3n) is 4.88. The molecule has 3 heterocycles. The summed E-state index contributed by atoms with van der Waals surface area (Å²) >= 11 is 0. The van der Waals surface area contributed by atoms with Gasteiger partial charge < -0.3 is 14.5 Å². The molecule has 150 valence electrons. The van der Waals surface area contributed by atoms with E-state index in [1.807, 2.05) is 23.1 Å². The highest BCUT2D eigenvalue weighted by molar-refractivity contribution is 5.95. The predicted octanol–water partition coefficient (Wildman–Crippen LogP) is 2.24. The Morgan fingerprint density at radius 2 is 1.87 bits per heavy atom. The molecular formula is C23H21N5O2. The quantitative estimate of drug-likeness (QED) is 0.629. The largest absolute Gasteiger partial charge is 0.495 e. The van der Waals surface area contributed by atoms with Crippen LogP contribution in [0.1, 0.15) is 21.6 Å². The van der Waals surface area contributed by atoms with Crippen molar-refractivity contribution in [1.82, 2.24) is 19.9 Å². The number of carbonyl (C=O) groups is 1. The molecule has 7 nitrogen and oxygen atoms in total. The van der Waals surface area contributed by atoms with Crippen LogP contribution in [0.4, 0.5) is 5.82 Å². The maximum Gasteiger partial charge on any atom is 0.254 e. The average Bonchev–Trinajstić information content (AvgIpc) is 2.83. The van der Waals surface area contributed by atoms with E-state index in [4.69, 9.17) is 4.74 Å². The number of aromatic nitrogens is 3. The molecule has 1 aliphatic rings. The second kappa shape index (κ2) is 9.05. The van der Waals surface area contributed by atoms with Gasteiger partial charge in [-0.25, -0.2) is 9.97 Å². The fourth-order valence-corrected chi connectivity index (χ4v) is 3.28. The molecule has 1 saturated heterocycles. The van der Waals surface area contributed by atoms with Crippen LogP contribution in [0.5, 0.6) is 5.75 Å². The topological polar surface area (TPSA) is 71.5 Å². The Labute approximate surface area is 175 Å². The lowest BCUT2D eigenvalue weighted by Crippen LogP contribution is -2.49. The Morgan fingerprint density at radius 3 is 2.57 bits per heavy atom. The molecule has 7 heteroatoms. The maximum atomic E-state index is 13.0. The number of nitrogens with zero attached hydrogens (tertiary/aromatic N) is 5. The van der Waals surface area contributed by atoms with Crippen LogP contribution >= 0.6 is 0 Å². The van der Waals surface area contributed by atoms with Gasteiger partial charge in [-0.3, -0.25) is 9.78 Å². The summed E-state index contributed by atoms with van der Waals surface area (Å²) in [5, 5.41) is 0. The molecule has 0 bridgehead atoms. The number of hydrogen-bond donors (Lipinski definition) is 0. The van der Waals surface area contributed by atoms with E-state index in [1.165, 1.54) is 0 Å². The van der Waals surface area contributed by atoms with Crippen LogP contribution in [0.2, 0.25) is 0 Å². The van der Waals surface area contributed by atoms with Gasteiger partial charge in [0.15, 0.2) is 0 Å². The van der Waals surface area contributed by atoms with E-state index in [0.29, 0.717) is 48.7 Å². The van der Waals surface area contributed by atoms with Gasteiger partial charge in [-0.1, -0.05) is 12.0 Å². The summed E-state index contributed by atoms with van der Waals surface area (Å²) in [5.41, 5.74) is 1.91. The Morgan fingerprint density at radius 1 is 1.00 bits per heavy atom. The smallest absolute Gasteiger partial charge is 0.254 e. The zero-order valence-electron chi connectivity index (χ0n) is 16.7. The van der Waals surface area contributed by atoms with Crippen molar-refractivity contribution >= 4 is 11.7 Å². The predicted molar refractivity (Wildman–Crippen MR) is 113 cm³/mol. The molecule has 1 amide bonds. The molecule has 30 heavy (non-hydrogen) atoms. The molecule has 3 aromatic rings. The molecule has 2 aromatic heterocycles. The number of methoxy groups -OCH3 is 1. The molecule has 0 N–H and O–H groups in total. The summed E-state index contributed by atoms with van der Waals surface area (Å²) < 4.78 is 5.41. The molecule has 1 aromatic carbocycles. The van der Waals surface area contributed by atoms with Crippen LogP contribution in [0.25, 0.3) is 0 Å². The number of pyridine rings is 1. The van der Waals surface area contributed by atoms with Crippen LogP contribution in [0.15, 0.2) is 61.2 Å². The molecule has 0 unspecified atom stereocenters. The van der Waals surface area contributed by atoms with E-state index in [-0.39, 0.29) is 5.91 Å². The van der Waals surface area contributed by atoms with Crippen molar-refractivity contribution in [2.45, 2.75) is 0 Å². The first-order chi connectivity index (χ1) is 14.7. The minimum atomic E-state index is -0.0164. The van der Waals surface area contributed by atoms with Gasteiger partial charge in [0.1, 0.15) is 17.3 Å². The van der Waals surface area contributed by atoms with Gasteiger partial charge in [0.25, 0.3) is 5.91 Å². The summed E-state index contributed by atoms with van der Waals surface area (Å²) in [6.07, 6.45) is 6.77. The van der Waals surface area contributed by atoms with Crippen LogP contribution in [0.3, 0.4) is 0 Å². The number of piperazine rings is 1. The first-order valence-electron chi connectivity index (χ1n) is 9.66. The van der Waals surface area contributed by atoms with Crippen molar-refractivity contribution in [3.05, 3.63) is 78.0 Å². The van der Waals surface area contributed by atoms with Crippen LogP contribution in [-0.2, 0) is 0 Å². The molecule has 0 saturated carbocycles. The van der Waals surface area contributed by atoms with E-state index >= 15 is 0 Å². The number of benzene rings is 1. The third kappa shape index (κ3) is 4.39. The highest BCUT2D eigenvalue weighted by Crippen LogP contribution is 2.21. The molecular weight excluding hydrogens is 378 g/mol. The van der Waals surface area contributed by atoms with E-state index in [1.54, 1.807) is 50.1 Å². The summed E-state index contributed by atoms with van der Waals surface area (Å²) in [4.78, 5) is 29.7. The fourth-order valence-electron chi connectivity index (χ4n) is 3.28. The van der Waals surface area contributed by atoms with E-state index < -0.39 is 0 Å². The number of hydrogen-bond acceptors (Lipinski definition) is 6. The lowest BCUT2D eigenvalue weighted by atomic mass is 10.1. The lowest BCUT2D eigenvalue weighted by Gasteiger charge is -2.35. The van der Waals surface area contributed by atoms with E-state index in [9.17, 15) is 4.79 Å². The van der Waals surface area contributed by atoms with Crippen LogP contribution in [-0.4, -0.2) is 59.0 Å². The summed E-state index contributed by atoms with van der Waals surface area (Å²) in [6, 6.07) is 10.9. The van der Waals surface area contributed by atoms with Crippen molar-refractivity contribution in [2.24, 2.45) is 0 Å². The second-order valence-electron chi connectivity index (χ2n) is 6.72. The van der Waals surface area contributed by atoms with Gasteiger partial charge >= 0.3 is 0 Å². The van der Waals surface area contributed by atoms with Crippen molar-refractivity contribution in [2.75, 3.05) is 38.2 Å². The summed E-state index contributed by atoms with van der Waals surface area (Å²) in [5.74, 6) is 7.54. The molecule has 4 rings (SSSR count). The number of carbonyl (C=O) groups excluding carboxylic acids is 1. The first-order valence-corrected chi connectivity index (χ1v) is 9.66. The highest BCUT2D eigenvalue weighted by Gasteiger charge is 2.23. The van der Waals surface area contributed by atoms with Crippen molar-refractivity contribution in [3.8, 4) is 17.6 Å². The monoisotopic (exact) mass is 399 g/mol. The Balaban J connectivity index is 1.49. The zero-order valence-corrected chi connectivity index (χ0v) is 16.7.